The summed E-state index contributed by atoms with van der Waals surface area (Å²) >= 11 is 1.59. The van der Waals surface area contributed by atoms with Gasteiger partial charge in [0.25, 0.3) is 0 Å². The number of aliphatic carboxylic acids is 1. The molecule has 0 radical (unpaired) electrons. The van der Waals surface area contributed by atoms with E-state index in [1.807, 2.05) is 30.3 Å². The smallest absolute Gasteiger partial charge is 0.303 e. The monoisotopic (exact) mass is 414 g/mol. The molecule has 156 valence electrons. The third-order valence-corrected chi connectivity index (χ3v) is 7.00. The SMILES string of the molecule is C=C1C[C@@H](O)[C@H](C=C[C@@H](O)c2cc3ccccc3s2)[C@H]1CCCCCCC(=O)O. The Bertz CT molecular complexity index is 836. The van der Waals surface area contributed by atoms with Gasteiger partial charge in [-0.2, -0.15) is 0 Å². The van der Waals surface area contributed by atoms with Crippen molar-refractivity contribution in [2.45, 2.75) is 57.2 Å². The minimum atomic E-state index is -0.736. The van der Waals surface area contributed by atoms with Crippen LogP contribution in [0, 0.1) is 11.8 Å². The predicted octanol–water partition coefficient (Wildman–Crippen LogP) is 5.47. The minimum Gasteiger partial charge on any atom is -0.481 e. The van der Waals surface area contributed by atoms with Crippen LogP contribution >= 0.6 is 11.3 Å². The molecule has 3 N–H and O–H groups in total. The van der Waals surface area contributed by atoms with Crippen molar-refractivity contribution >= 4 is 27.4 Å². The first-order valence-corrected chi connectivity index (χ1v) is 11.2. The summed E-state index contributed by atoms with van der Waals surface area (Å²) < 4.78 is 1.16. The summed E-state index contributed by atoms with van der Waals surface area (Å²) in [6.45, 7) is 4.16. The zero-order chi connectivity index (χ0) is 20.8. The molecule has 1 saturated carbocycles. The average molecular weight is 415 g/mol. The number of unbranched alkanes of at least 4 members (excludes halogenated alkanes) is 3. The van der Waals surface area contributed by atoms with Crippen molar-refractivity contribution in [1.82, 2.24) is 0 Å². The van der Waals surface area contributed by atoms with Gasteiger partial charge < -0.3 is 15.3 Å². The lowest BCUT2D eigenvalue weighted by Gasteiger charge is -2.19. The van der Waals surface area contributed by atoms with Crippen molar-refractivity contribution in [2.24, 2.45) is 11.8 Å². The van der Waals surface area contributed by atoms with Gasteiger partial charge in [0.2, 0.25) is 0 Å². The molecular formula is C24H30O4S. The van der Waals surface area contributed by atoms with Crippen molar-refractivity contribution < 1.29 is 20.1 Å². The normalized spacial score (nSPS) is 23.2. The van der Waals surface area contributed by atoms with Crippen molar-refractivity contribution in [3.8, 4) is 0 Å². The zero-order valence-electron chi connectivity index (χ0n) is 16.7. The second-order valence-electron chi connectivity index (χ2n) is 7.98. The lowest BCUT2D eigenvalue weighted by atomic mass is 9.87. The quantitative estimate of drug-likeness (QED) is 0.356. The Kier molecular flexibility index (Phi) is 7.64. The van der Waals surface area contributed by atoms with E-state index in [9.17, 15) is 15.0 Å². The van der Waals surface area contributed by atoms with E-state index >= 15 is 0 Å². The van der Waals surface area contributed by atoms with Crippen LogP contribution in [-0.2, 0) is 4.79 Å². The van der Waals surface area contributed by atoms with Crippen LogP contribution in [-0.4, -0.2) is 27.4 Å². The molecule has 4 atom stereocenters. The van der Waals surface area contributed by atoms with Crippen molar-refractivity contribution in [3.63, 3.8) is 0 Å². The zero-order valence-corrected chi connectivity index (χ0v) is 17.5. The van der Waals surface area contributed by atoms with Crippen LogP contribution in [0.1, 0.15) is 55.9 Å². The number of thiophene rings is 1. The van der Waals surface area contributed by atoms with Crippen LogP contribution in [0.15, 0.2) is 54.6 Å². The first-order chi connectivity index (χ1) is 14.0. The van der Waals surface area contributed by atoms with Gasteiger partial charge in [-0.25, -0.2) is 0 Å². The van der Waals surface area contributed by atoms with Gasteiger partial charge >= 0.3 is 5.97 Å². The van der Waals surface area contributed by atoms with Gasteiger partial charge in [0.15, 0.2) is 0 Å². The third-order valence-electron chi connectivity index (χ3n) is 5.81. The molecule has 1 aliphatic rings. The molecule has 0 saturated heterocycles. The fourth-order valence-electron chi connectivity index (χ4n) is 4.23. The Hall–Kier alpha value is -1.95. The highest BCUT2D eigenvalue weighted by Crippen LogP contribution is 2.41. The number of carboxylic acid groups (broad SMARTS) is 1. The molecule has 29 heavy (non-hydrogen) atoms. The van der Waals surface area contributed by atoms with E-state index in [1.54, 1.807) is 17.4 Å². The van der Waals surface area contributed by atoms with Crippen LogP contribution in [0.4, 0.5) is 0 Å². The summed E-state index contributed by atoms with van der Waals surface area (Å²) in [6.07, 6.45) is 8.05. The summed E-state index contributed by atoms with van der Waals surface area (Å²) in [6, 6.07) is 10.1. The molecule has 0 spiro atoms. The van der Waals surface area contributed by atoms with Crippen LogP contribution < -0.4 is 0 Å². The Balaban J connectivity index is 1.56. The maximum Gasteiger partial charge on any atom is 0.303 e. The molecule has 1 aromatic heterocycles. The number of hydrogen-bond donors (Lipinski definition) is 3. The Labute approximate surface area is 176 Å². The fraction of sp³-hybridized carbons (Fsp3) is 0.458. The highest BCUT2D eigenvalue weighted by atomic mass is 32.1. The predicted molar refractivity (Wildman–Crippen MR) is 118 cm³/mol. The first kappa shape index (κ1) is 21.8. The molecular weight excluding hydrogens is 384 g/mol. The lowest BCUT2D eigenvalue weighted by Crippen LogP contribution is -2.17. The molecule has 1 heterocycles. The molecule has 4 nitrogen and oxygen atoms in total. The Morgan fingerprint density at radius 2 is 2.00 bits per heavy atom. The van der Waals surface area contributed by atoms with E-state index in [2.05, 4.69) is 12.6 Å². The van der Waals surface area contributed by atoms with E-state index in [1.165, 1.54) is 0 Å². The van der Waals surface area contributed by atoms with Gasteiger partial charge in [-0.1, -0.05) is 61.8 Å². The largest absolute Gasteiger partial charge is 0.481 e. The van der Waals surface area contributed by atoms with Crippen LogP contribution in [0.25, 0.3) is 10.1 Å². The first-order valence-electron chi connectivity index (χ1n) is 10.4. The topological polar surface area (TPSA) is 77.8 Å². The van der Waals surface area contributed by atoms with Gasteiger partial charge in [0.05, 0.1) is 6.10 Å². The highest BCUT2D eigenvalue weighted by molar-refractivity contribution is 7.19. The molecule has 0 unspecified atom stereocenters. The van der Waals surface area contributed by atoms with Crippen molar-refractivity contribution in [1.29, 1.82) is 0 Å². The van der Waals surface area contributed by atoms with Crippen LogP contribution in [0.2, 0.25) is 0 Å². The maximum absolute atomic E-state index is 10.6. The summed E-state index contributed by atoms with van der Waals surface area (Å²) in [5.41, 5.74) is 1.08. The number of rotatable bonds is 10. The second kappa shape index (κ2) is 10.2. The Morgan fingerprint density at radius 3 is 2.76 bits per heavy atom. The second-order valence-corrected chi connectivity index (χ2v) is 9.09. The molecule has 0 bridgehead atoms. The maximum atomic E-state index is 10.6. The van der Waals surface area contributed by atoms with Gasteiger partial charge in [0, 0.05) is 21.9 Å². The summed E-state index contributed by atoms with van der Waals surface area (Å²) in [7, 11) is 0. The van der Waals surface area contributed by atoms with Gasteiger partial charge in [-0.3, -0.25) is 4.79 Å². The third kappa shape index (κ3) is 5.78. The summed E-state index contributed by atoms with van der Waals surface area (Å²) in [5, 5.41) is 30.9. The number of aliphatic hydroxyl groups is 2. The number of carbonyl (C=O) groups is 1. The number of carboxylic acids is 1. The van der Waals surface area contributed by atoms with E-state index in [4.69, 9.17) is 5.11 Å². The van der Waals surface area contributed by atoms with Crippen LogP contribution in [0.5, 0.6) is 0 Å². The summed E-state index contributed by atoms with van der Waals surface area (Å²) in [4.78, 5) is 11.5. The molecule has 3 rings (SSSR count). The molecule has 2 aromatic rings. The van der Waals surface area contributed by atoms with Crippen molar-refractivity contribution in [2.75, 3.05) is 0 Å². The number of benzene rings is 1. The standard InChI is InChI=1S/C24H30O4S/c1-16-14-21(26)19(18(16)9-4-2-3-5-11-24(27)28)12-13-20(25)23-15-17-8-6-7-10-22(17)29-23/h6-8,10,12-13,15,18-21,25-26H,1-5,9,11,14H2,(H,27,28)/t18-,19+,20+,21+/m0/s1. The van der Waals surface area contributed by atoms with E-state index in [0.29, 0.717) is 12.8 Å². The Morgan fingerprint density at radius 1 is 1.24 bits per heavy atom. The number of fused-ring (bicyclic) bond motifs is 1. The van der Waals surface area contributed by atoms with E-state index < -0.39 is 18.2 Å². The van der Waals surface area contributed by atoms with E-state index in [0.717, 1.165) is 46.2 Å². The van der Waals surface area contributed by atoms with Crippen LogP contribution in [0.3, 0.4) is 0 Å². The molecule has 5 heteroatoms. The van der Waals surface area contributed by atoms with E-state index in [-0.39, 0.29) is 18.3 Å². The number of hydrogen-bond acceptors (Lipinski definition) is 4. The van der Waals surface area contributed by atoms with Gasteiger partial charge in [-0.15, -0.1) is 11.3 Å². The average Bonchev–Trinajstić information content (AvgIpc) is 3.23. The van der Waals surface area contributed by atoms with Gasteiger partial charge in [-0.05, 0) is 42.7 Å². The lowest BCUT2D eigenvalue weighted by molar-refractivity contribution is -0.137. The molecule has 1 fully saturated rings. The number of aliphatic hydroxyl groups excluding tert-OH is 2. The fourth-order valence-corrected chi connectivity index (χ4v) is 5.26. The minimum absolute atomic E-state index is 0.0226. The van der Waals surface area contributed by atoms with Gasteiger partial charge in [0.1, 0.15) is 6.10 Å². The molecule has 1 aromatic carbocycles. The summed E-state index contributed by atoms with van der Waals surface area (Å²) in [5.74, 6) is -0.541. The highest BCUT2D eigenvalue weighted by Gasteiger charge is 2.35. The molecule has 1 aliphatic carbocycles. The molecule has 0 aliphatic heterocycles. The molecule has 0 amide bonds. The van der Waals surface area contributed by atoms with Crippen molar-refractivity contribution in [3.05, 3.63) is 59.5 Å².